The van der Waals surface area contributed by atoms with Gasteiger partial charge in [-0.15, -0.1) is 0 Å². The molecule has 0 fully saturated rings. The summed E-state index contributed by atoms with van der Waals surface area (Å²) in [4.78, 5) is 0. The fourth-order valence-corrected chi connectivity index (χ4v) is 1.40. The Kier molecular flexibility index (Phi) is 3.88. The molecule has 1 heterocycles. The van der Waals surface area contributed by atoms with Gasteiger partial charge in [0.25, 0.3) is 0 Å². The van der Waals surface area contributed by atoms with Gasteiger partial charge in [0, 0.05) is 25.5 Å². The van der Waals surface area contributed by atoms with Crippen molar-refractivity contribution in [3.63, 3.8) is 0 Å². The molecule has 1 N–H and O–H groups in total. The molecule has 1 aromatic heterocycles. The lowest BCUT2D eigenvalue weighted by Crippen LogP contribution is -2.10. The van der Waals surface area contributed by atoms with E-state index in [9.17, 15) is 0 Å². The van der Waals surface area contributed by atoms with Crippen LogP contribution in [0.3, 0.4) is 0 Å². The van der Waals surface area contributed by atoms with Gasteiger partial charge in [0.2, 0.25) is 0 Å². The minimum atomic E-state index is 0.305. The Hall–Kier alpha value is -0.760. The van der Waals surface area contributed by atoms with Crippen LogP contribution in [0.25, 0.3) is 0 Å². The van der Waals surface area contributed by atoms with Crippen LogP contribution < -0.4 is 0 Å². The van der Waals surface area contributed by atoms with Crippen molar-refractivity contribution >= 4 is 0 Å². The summed E-state index contributed by atoms with van der Waals surface area (Å²) in [5.41, 5.74) is 0. The largest absolute Gasteiger partial charge is 0.396 e. The van der Waals surface area contributed by atoms with Crippen molar-refractivity contribution in [1.29, 1.82) is 0 Å². The van der Waals surface area contributed by atoms with E-state index in [4.69, 9.17) is 5.11 Å². The highest BCUT2D eigenvalue weighted by atomic mass is 16.3. The second-order valence-corrected chi connectivity index (χ2v) is 3.17. The van der Waals surface area contributed by atoms with E-state index in [1.165, 1.54) is 0 Å². The van der Waals surface area contributed by atoms with E-state index >= 15 is 0 Å². The number of aliphatic hydroxyl groups excluding tert-OH is 1. The Balaban J connectivity index is 2.37. The van der Waals surface area contributed by atoms with Crippen molar-refractivity contribution in [2.24, 2.45) is 5.92 Å². The molecule has 1 aromatic rings. The van der Waals surface area contributed by atoms with Gasteiger partial charge >= 0.3 is 0 Å². The van der Waals surface area contributed by atoms with Crippen LogP contribution >= 0.6 is 0 Å². The molecule has 0 saturated carbocycles. The third kappa shape index (κ3) is 2.70. The van der Waals surface area contributed by atoms with Crippen molar-refractivity contribution in [1.82, 2.24) is 4.57 Å². The van der Waals surface area contributed by atoms with E-state index in [-0.39, 0.29) is 0 Å². The van der Waals surface area contributed by atoms with Crippen molar-refractivity contribution in [3.05, 3.63) is 24.5 Å². The van der Waals surface area contributed by atoms with Crippen molar-refractivity contribution in [2.45, 2.75) is 26.3 Å². The summed E-state index contributed by atoms with van der Waals surface area (Å²) in [6, 6.07) is 4.07. The predicted octanol–water partition coefficient (Wildman–Crippen LogP) is 1.90. The van der Waals surface area contributed by atoms with Gasteiger partial charge in [-0.3, -0.25) is 0 Å². The van der Waals surface area contributed by atoms with Crippen LogP contribution in [-0.4, -0.2) is 16.3 Å². The summed E-state index contributed by atoms with van der Waals surface area (Å²) in [7, 11) is 0. The molecule has 2 nitrogen and oxygen atoms in total. The lowest BCUT2D eigenvalue weighted by atomic mass is 10.0. The summed E-state index contributed by atoms with van der Waals surface area (Å²) in [5.74, 6) is 0.613. The van der Waals surface area contributed by atoms with E-state index < -0.39 is 0 Å². The Morgan fingerprint density at radius 2 is 2.00 bits per heavy atom. The lowest BCUT2D eigenvalue weighted by molar-refractivity contribution is 0.244. The quantitative estimate of drug-likeness (QED) is 0.712. The van der Waals surface area contributed by atoms with Crippen LogP contribution in [0.15, 0.2) is 24.5 Å². The van der Waals surface area contributed by atoms with Gasteiger partial charge in [0.1, 0.15) is 0 Å². The van der Waals surface area contributed by atoms with Crippen LogP contribution in [0, 0.1) is 5.92 Å². The van der Waals surface area contributed by atoms with Crippen LogP contribution in [0.5, 0.6) is 0 Å². The zero-order chi connectivity index (χ0) is 8.81. The van der Waals surface area contributed by atoms with Gasteiger partial charge in [-0.2, -0.15) is 0 Å². The molecule has 1 unspecified atom stereocenters. The number of hydrogen-bond donors (Lipinski definition) is 1. The molecule has 68 valence electrons. The number of rotatable bonds is 5. The van der Waals surface area contributed by atoms with E-state index in [0.717, 1.165) is 19.4 Å². The molecule has 0 bridgehead atoms. The number of aliphatic hydroxyl groups is 1. The molecular formula is C10H17NO. The fourth-order valence-electron chi connectivity index (χ4n) is 1.40. The summed E-state index contributed by atoms with van der Waals surface area (Å²) < 4.78 is 2.17. The van der Waals surface area contributed by atoms with Gasteiger partial charge in [0.05, 0.1) is 0 Å². The maximum atomic E-state index is 8.79. The molecule has 0 amide bonds. The number of hydrogen-bond acceptors (Lipinski definition) is 1. The smallest absolute Gasteiger partial charge is 0.0434 e. The van der Waals surface area contributed by atoms with E-state index in [2.05, 4.69) is 23.9 Å². The van der Waals surface area contributed by atoms with Crippen molar-refractivity contribution < 1.29 is 5.11 Å². The van der Waals surface area contributed by atoms with Gasteiger partial charge in [-0.1, -0.05) is 13.3 Å². The first-order valence-electron chi connectivity index (χ1n) is 4.58. The van der Waals surface area contributed by atoms with Crippen LogP contribution in [0.4, 0.5) is 0 Å². The molecule has 1 rings (SSSR count). The zero-order valence-electron chi connectivity index (χ0n) is 7.61. The summed E-state index contributed by atoms with van der Waals surface area (Å²) >= 11 is 0. The Labute approximate surface area is 73.8 Å². The summed E-state index contributed by atoms with van der Waals surface area (Å²) in [5, 5.41) is 8.79. The molecule has 0 radical (unpaired) electrons. The zero-order valence-corrected chi connectivity index (χ0v) is 7.61. The van der Waals surface area contributed by atoms with E-state index in [1.807, 2.05) is 12.1 Å². The minimum absolute atomic E-state index is 0.305. The third-order valence-corrected chi connectivity index (χ3v) is 2.25. The Morgan fingerprint density at radius 3 is 2.50 bits per heavy atom. The second-order valence-electron chi connectivity index (χ2n) is 3.17. The monoisotopic (exact) mass is 167 g/mol. The lowest BCUT2D eigenvalue weighted by Gasteiger charge is -2.13. The summed E-state index contributed by atoms with van der Waals surface area (Å²) in [6.07, 6.45) is 6.19. The average molecular weight is 167 g/mol. The second kappa shape index (κ2) is 4.99. The molecule has 0 aromatic carbocycles. The standard InChI is InChI=1S/C10H17NO/c1-2-10(5-8-12)9-11-6-3-4-7-11/h3-4,6-7,10,12H,2,5,8-9H2,1H3. The first-order chi connectivity index (χ1) is 5.86. The maximum Gasteiger partial charge on any atom is 0.0434 e. The normalized spacial score (nSPS) is 13.2. The molecule has 0 aliphatic rings. The minimum Gasteiger partial charge on any atom is -0.396 e. The molecule has 0 aliphatic heterocycles. The molecule has 0 aliphatic carbocycles. The highest BCUT2D eigenvalue weighted by Crippen LogP contribution is 2.10. The van der Waals surface area contributed by atoms with Gasteiger partial charge in [-0.05, 0) is 24.5 Å². The van der Waals surface area contributed by atoms with Crippen molar-refractivity contribution in [3.8, 4) is 0 Å². The number of aromatic nitrogens is 1. The van der Waals surface area contributed by atoms with Gasteiger partial charge < -0.3 is 9.67 Å². The van der Waals surface area contributed by atoms with E-state index in [1.54, 1.807) is 0 Å². The number of nitrogens with zero attached hydrogens (tertiary/aromatic N) is 1. The molecule has 2 heteroatoms. The maximum absolute atomic E-state index is 8.79. The molecule has 0 spiro atoms. The van der Waals surface area contributed by atoms with E-state index in [0.29, 0.717) is 12.5 Å². The fraction of sp³-hybridized carbons (Fsp3) is 0.600. The molecular weight excluding hydrogens is 150 g/mol. The first-order valence-corrected chi connectivity index (χ1v) is 4.58. The SMILES string of the molecule is CCC(CCO)Cn1cccc1. The topological polar surface area (TPSA) is 25.2 Å². The molecule has 0 saturated heterocycles. The Morgan fingerprint density at radius 1 is 1.33 bits per heavy atom. The average Bonchev–Trinajstić information content (AvgIpc) is 2.56. The van der Waals surface area contributed by atoms with Crippen LogP contribution in [-0.2, 0) is 6.54 Å². The first kappa shape index (κ1) is 9.33. The van der Waals surface area contributed by atoms with Gasteiger partial charge in [0.15, 0.2) is 0 Å². The summed E-state index contributed by atoms with van der Waals surface area (Å²) in [6.45, 7) is 3.51. The highest BCUT2D eigenvalue weighted by Gasteiger charge is 2.04. The molecule has 1 atom stereocenters. The molecule has 12 heavy (non-hydrogen) atoms. The van der Waals surface area contributed by atoms with Crippen LogP contribution in [0.1, 0.15) is 19.8 Å². The Bertz CT molecular complexity index is 194. The third-order valence-electron chi connectivity index (χ3n) is 2.25. The van der Waals surface area contributed by atoms with Gasteiger partial charge in [-0.25, -0.2) is 0 Å². The highest BCUT2D eigenvalue weighted by molar-refractivity contribution is 4.90. The van der Waals surface area contributed by atoms with Crippen molar-refractivity contribution in [2.75, 3.05) is 6.61 Å². The predicted molar refractivity (Wildman–Crippen MR) is 49.9 cm³/mol. The van der Waals surface area contributed by atoms with Crippen LogP contribution in [0.2, 0.25) is 0 Å².